The molecule has 0 radical (unpaired) electrons. The largest absolute Gasteiger partial charge is 0.491 e. The Morgan fingerprint density at radius 1 is 1.20 bits per heavy atom. The molecule has 156 valence electrons. The van der Waals surface area contributed by atoms with E-state index >= 15 is 0 Å². The SMILES string of the molecule is O=C(Nc1cn2cc(C3CC3)nc2cc1OCC1CCC1)c1cccc(C(F)F)n1. The number of alkyl halides is 2. The van der Waals surface area contributed by atoms with E-state index in [1.807, 2.05) is 16.7 Å². The lowest BCUT2D eigenvalue weighted by molar-refractivity contribution is 0.101. The van der Waals surface area contributed by atoms with Gasteiger partial charge in [-0.1, -0.05) is 12.5 Å². The number of imidazole rings is 1. The second-order valence-electron chi connectivity index (χ2n) is 8.07. The lowest BCUT2D eigenvalue weighted by atomic mass is 9.86. The van der Waals surface area contributed by atoms with Gasteiger partial charge in [-0.2, -0.15) is 0 Å². The summed E-state index contributed by atoms with van der Waals surface area (Å²) in [6, 6.07) is 5.84. The van der Waals surface area contributed by atoms with Crippen molar-refractivity contribution in [2.24, 2.45) is 5.92 Å². The van der Waals surface area contributed by atoms with Gasteiger partial charge in [-0.25, -0.2) is 18.7 Å². The molecule has 2 aliphatic rings. The van der Waals surface area contributed by atoms with Gasteiger partial charge in [0.1, 0.15) is 28.5 Å². The Morgan fingerprint density at radius 3 is 2.73 bits per heavy atom. The Morgan fingerprint density at radius 2 is 2.03 bits per heavy atom. The minimum atomic E-state index is -2.73. The van der Waals surface area contributed by atoms with Gasteiger partial charge in [0.2, 0.25) is 0 Å². The van der Waals surface area contributed by atoms with Gasteiger partial charge in [0, 0.05) is 24.4 Å². The van der Waals surface area contributed by atoms with Crippen LogP contribution < -0.4 is 10.1 Å². The number of nitrogens with one attached hydrogen (secondary N) is 1. The predicted octanol–water partition coefficient (Wildman–Crippen LogP) is 4.98. The van der Waals surface area contributed by atoms with Gasteiger partial charge in [-0.3, -0.25) is 4.79 Å². The average Bonchev–Trinajstić information content (AvgIpc) is 3.47. The summed E-state index contributed by atoms with van der Waals surface area (Å²) in [6.07, 6.45) is 6.78. The molecule has 5 rings (SSSR count). The molecule has 3 heterocycles. The van der Waals surface area contributed by atoms with E-state index in [9.17, 15) is 13.6 Å². The Bertz CT molecular complexity index is 1090. The van der Waals surface area contributed by atoms with Crippen molar-refractivity contribution in [3.05, 3.63) is 53.7 Å². The van der Waals surface area contributed by atoms with Crippen molar-refractivity contribution < 1.29 is 18.3 Å². The van der Waals surface area contributed by atoms with Crippen molar-refractivity contribution in [1.82, 2.24) is 14.4 Å². The summed E-state index contributed by atoms with van der Waals surface area (Å²) in [4.78, 5) is 21.2. The van der Waals surface area contributed by atoms with Gasteiger partial charge in [-0.15, -0.1) is 0 Å². The van der Waals surface area contributed by atoms with Crippen molar-refractivity contribution in [2.45, 2.75) is 44.4 Å². The van der Waals surface area contributed by atoms with E-state index in [-0.39, 0.29) is 5.69 Å². The second-order valence-corrected chi connectivity index (χ2v) is 8.07. The lowest BCUT2D eigenvalue weighted by Crippen LogP contribution is -2.20. The van der Waals surface area contributed by atoms with E-state index < -0.39 is 18.0 Å². The highest BCUT2D eigenvalue weighted by molar-refractivity contribution is 6.03. The summed E-state index contributed by atoms with van der Waals surface area (Å²) in [5, 5.41) is 2.78. The molecule has 0 aliphatic heterocycles. The molecule has 0 atom stereocenters. The zero-order valence-electron chi connectivity index (χ0n) is 16.4. The van der Waals surface area contributed by atoms with Gasteiger partial charge in [0.25, 0.3) is 12.3 Å². The van der Waals surface area contributed by atoms with Crippen LogP contribution in [-0.4, -0.2) is 26.9 Å². The maximum Gasteiger partial charge on any atom is 0.280 e. The van der Waals surface area contributed by atoms with E-state index in [0.29, 0.717) is 29.9 Å². The fourth-order valence-electron chi connectivity index (χ4n) is 3.58. The number of hydrogen-bond acceptors (Lipinski definition) is 4. The van der Waals surface area contributed by atoms with Crippen molar-refractivity contribution in [3.63, 3.8) is 0 Å². The number of pyridine rings is 2. The third kappa shape index (κ3) is 3.86. The van der Waals surface area contributed by atoms with Crippen LogP contribution in [0.2, 0.25) is 0 Å². The van der Waals surface area contributed by atoms with Gasteiger partial charge >= 0.3 is 0 Å². The third-order valence-corrected chi connectivity index (χ3v) is 5.74. The van der Waals surface area contributed by atoms with Gasteiger partial charge in [0.15, 0.2) is 0 Å². The molecule has 3 aromatic heterocycles. The first-order valence-electron chi connectivity index (χ1n) is 10.3. The Labute approximate surface area is 172 Å². The van der Waals surface area contributed by atoms with Crippen LogP contribution in [0.4, 0.5) is 14.5 Å². The number of halogens is 2. The summed E-state index contributed by atoms with van der Waals surface area (Å²) < 4.78 is 33.8. The number of fused-ring (bicyclic) bond motifs is 1. The number of rotatable bonds is 7. The zero-order valence-corrected chi connectivity index (χ0v) is 16.4. The van der Waals surface area contributed by atoms with Crippen LogP contribution in [0.25, 0.3) is 5.65 Å². The maximum atomic E-state index is 12.9. The zero-order chi connectivity index (χ0) is 20.7. The molecule has 0 aromatic carbocycles. The van der Waals surface area contributed by atoms with Crippen LogP contribution >= 0.6 is 0 Å². The lowest BCUT2D eigenvalue weighted by Gasteiger charge is -2.25. The standard InChI is InChI=1S/C22H22F2N4O2/c23-21(24)15-5-2-6-16(25-15)22(29)27-18-11-28-10-17(14-7-8-14)26-20(28)9-19(18)30-12-13-3-1-4-13/h2,5-6,9-11,13-14,21H,1,3-4,7-8,12H2,(H,27,29). The van der Waals surface area contributed by atoms with Crippen molar-refractivity contribution in [3.8, 4) is 5.75 Å². The summed E-state index contributed by atoms with van der Waals surface area (Å²) in [6.45, 7) is 0.578. The van der Waals surface area contributed by atoms with E-state index in [0.717, 1.165) is 37.0 Å². The monoisotopic (exact) mass is 412 g/mol. The van der Waals surface area contributed by atoms with Crippen LogP contribution in [0.5, 0.6) is 5.75 Å². The van der Waals surface area contributed by atoms with Crippen LogP contribution in [0.3, 0.4) is 0 Å². The first-order valence-corrected chi connectivity index (χ1v) is 10.3. The normalized spacial score (nSPS) is 16.6. The van der Waals surface area contributed by atoms with Crippen LogP contribution in [0.1, 0.15) is 66.3 Å². The molecule has 2 aliphatic carbocycles. The molecule has 0 saturated heterocycles. The summed E-state index contributed by atoms with van der Waals surface area (Å²) >= 11 is 0. The molecule has 8 heteroatoms. The quantitative estimate of drug-likeness (QED) is 0.595. The molecule has 3 aromatic rings. The van der Waals surface area contributed by atoms with Crippen molar-refractivity contribution >= 4 is 17.2 Å². The van der Waals surface area contributed by atoms with Gasteiger partial charge in [0.05, 0.1) is 12.3 Å². The Kier molecular flexibility index (Phi) is 4.84. The molecule has 2 fully saturated rings. The number of ether oxygens (including phenoxy) is 1. The molecule has 1 N–H and O–H groups in total. The van der Waals surface area contributed by atoms with Crippen LogP contribution in [-0.2, 0) is 0 Å². The summed E-state index contributed by atoms with van der Waals surface area (Å²) in [7, 11) is 0. The van der Waals surface area contributed by atoms with Gasteiger partial charge in [-0.05, 0) is 43.7 Å². The molecule has 0 bridgehead atoms. The highest BCUT2D eigenvalue weighted by Crippen LogP contribution is 2.40. The topological polar surface area (TPSA) is 68.5 Å². The summed E-state index contributed by atoms with van der Waals surface area (Å²) in [5.41, 5.74) is 1.77. The predicted molar refractivity (Wildman–Crippen MR) is 107 cm³/mol. The van der Waals surface area contributed by atoms with E-state index in [1.165, 1.54) is 24.6 Å². The second kappa shape index (κ2) is 7.66. The van der Waals surface area contributed by atoms with E-state index in [1.54, 1.807) is 6.20 Å². The number of amides is 1. The molecule has 30 heavy (non-hydrogen) atoms. The number of aromatic nitrogens is 3. The van der Waals surface area contributed by atoms with Crippen molar-refractivity contribution in [2.75, 3.05) is 11.9 Å². The minimum absolute atomic E-state index is 0.0675. The maximum absolute atomic E-state index is 12.9. The molecular weight excluding hydrogens is 390 g/mol. The highest BCUT2D eigenvalue weighted by Gasteiger charge is 2.27. The Balaban J connectivity index is 1.44. The number of carbonyl (C=O) groups excluding carboxylic acids is 1. The van der Waals surface area contributed by atoms with Crippen LogP contribution in [0, 0.1) is 5.92 Å². The van der Waals surface area contributed by atoms with Crippen LogP contribution in [0.15, 0.2) is 36.7 Å². The highest BCUT2D eigenvalue weighted by atomic mass is 19.3. The smallest absolute Gasteiger partial charge is 0.280 e. The van der Waals surface area contributed by atoms with E-state index in [4.69, 9.17) is 4.74 Å². The number of hydrogen-bond donors (Lipinski definition) is 1. The molecular formula is C22H22F2N4O2. The number of nitrogens with zero attached hydrogens (tertiary/aromatic N) is 3. The molecule has 1 amide bonds. The first kappa shape index (κ1) is 19.0. The minimum Gasteiger partial charge on any atom is -0.491 e. The fraction of sp³-hybridized carbons (Fsp3) is 0.409. The summed E-state index contributed by atoms with van der Waals surface area (Å²) in [5.74, 6) is 0.994. The molecule has 0 unspecified atom stereocenters. The van der Waals surface area contributed by atoms with E-state index in [2.05, 4.69) is 15.3 Å². The van der Waals surface area contributed by atoms with Gasteiger partial charge < -0.3 is 14.5 Å². The number of anilines is 1. The molecule has 2 saturated carbocycles. The van der Waals surface area contributed by atoms with Crippen molar-refractivity contribution in [1.29, 1.82) is 0 Å². The fourth-order valence-corrected chi connectivity index (χ4v) is 3.58. The molecule has 0 spiro atoms. The third-order valence-electron chi connectivity index (χ3n) is 5.74. The number of carbonyl (C=O) groups is 1. The Hall–Kier alpha value is -3.03. The molecule has 6 nitrogen and oxygen atoms in total. The average molecular weight is 412 g/mol. The first-order chi connectivity index (χ1) is 14.6.